The van der Waals surface area contributed by atoms with Gasteiger partial charge >= 0.3 is 0 Å². The molecular formula is C51H33N5O2. The van der Waals surface area contributed by atoms with Gasteiger partial charge in [-0.1, -0.05) is 127 Å². The number of aliphatic imine (C=N–C) groups is 2. The molecule has 58 heavy (non-hydrogen) atoms. The SMILES string of the molecule is c1ccc(C2=NC(c3ccccc3)NC(n3c4ccccc4c4cc5c(cc43)Oc3cc(-c4ccc6c(c4)c4ccccc4n6-c4ccccc4)ccc3O5)=N2)cc1. The van der Waals surface area contributed by atoms with Crippen molar-refractivity contribution in [2.45, 2.75) is 6.17 Å². The highest BCUT2D eigenvalue weighted by Gasteiger charge is 2.27. The van der Waals surface area contributed by atoms with Gasteiger partial charge in [-0.2, -0.15) is 4.99 Å². The van der Waals surface area contributed by atoms with E-state index in [2.05, 4.69) is 148 Å². The molecule has 0 amide bonds. The molecule has 10 aromatic rings. The first-order valence-electron chi connectivity index (χ1n) is 19.4. The van der Waals surface area contributed by atoms with E-state index < -0.39 is 0 Å². The minimum atomic E-state index is -0.336. The van der Waals surface area contributed by atoms with Crippen LogP contribution in [0.25, 0.3) is 60.4 Å². The molecule has 2 aromatic heterocycles. The summed E-state index contributed by atoms with van der Waals surface area (Å²) < 4.78 is 17.9. The zero-order valence-corrected chi connectivity index (χ0v) is 31.1. The second-order valence-electron chi connectivity index (χ2n) is 14.7. The van der Waals surface area contributed by atoms with Crippen molar-refractivity contribution in [1.82, 2.24) is 14.5 Å². The fraction of sp³-hybridized carbons (Fsp3) is 0.0196. The van der Waals surface area contributed by atoms with Crippen molar-refractivity contribution in [3.63, 3.8) is 0 Å². The average Bonchev–Trinajstić information content (AvgIpc) is 3.80. The highest BCUT2D eigenvalue weighted by Crippen LogP contribution is 2.49. The molecule has 7 nitrogen and oxygen atoms in total. The van der Waals surface area contributed by atoms with E-state index in [0.29, 0.717) is 34.8 Å². The molecule has 7 heteroatoms. The van der Waals surface area contributed by atoms with Gasteiger partial charge in [0.15, 0.2) is 28.8 Å². The van der Waals surface area contributed by atoms with E-state index in [9.17, 15) is 0 Å². The number of rotatable bonds is 4. The maximum absolute atomic E-state index is 6.76. The van der Waals surface area contributed by atoms with Crippen molar-refractivity contribution in [2.75, 3.05) is 0 Å². The van der Waals surface area contributed by atoms with Gasteiger partial charge in [0.1, 0.15) is 6.17 Å². The lowest BCUT2D eigenvalue weighted by atomic mass is 10.0. The first-order chi connectivity index (χ1) is 28.7. The Hall–Kier alpha value is -7.90. The standard InChI is InChI=1S/C51H33N5O2/c1-4-14-32(15-5-1)49-52-50(33-16-6-2-7-17-33)54-51(53-49)56-42-23-13-11-21-38(42)40-30-47-48(31-44(40)56)58-46-29-35(25-27-45(46)57-47)34-24-26-43-39(28-34)37-20-10-12-22-41(37)55(43)36-18-8-3-9-19-36/h1-31,49H,(H,52,53,54). The maximum Gasteiger partial charge on any atom is 0.211 e. The van der Waals surface area contributed by atoms with Crippen LogP contribution in [0.4, 0.5) is 0 Å². The highest BCUT2D eigenvalue weighted by molar-refractivity contribution is 6.17. The van der Waals surface area contributed by atoms with Gasteiger partial charge in [0, 0.05) is 38.9 Å². The summed E-state index contributed by atoms with van der Waals surface area (Å²) in [4.78, 5) is 10.2. The Balaban J connectivity index is 0.959. The summed E-state index contributed by atoms with van der Waals surface area (Å²) in [6, 6.07) is 65.0. The number of fused-ring (bicyclic) bond motifs is 8. The third-order valence-electron chi connectivity index (χ3n) is 11.2. The number of nitrogens with one attached hydrogen (secondary N) is 1. The van der Waals surface area contributed by atoms with E-state index in [0.717, 1.165) is 55.3 Å². The Kier molecular flexibility index (Phi) is 7.16. The van der Waals surface area contributed by atoms with Crippen LogP contribution < -0.4 is 14.8 Å². The Bertz CT molecular complexity index is 3310. The number of ether oxygens (including phenoxy) is 2. The number of amidine groups is 1. The minimum absolute atomic E-state index is 0.336. The Labute approximate surface area is 333 Å². The predicted octanol–water partition coefficient (Wildman–Crippen LogP) is 12.4. The summed E-state index contributed by atoms with van der Waals surface area (Å²) in [6.45, 7) is 0. The molecule has 12 rings (SSSR count). The summed E-state index contributed by atoms with van der Waals surface area (Å²) in [5.41, 5.74) is 9.57. The lowest BCUT2D eigenvalue weighted by Crippen LogP contribution is -2.37. The monoisotopic (exact) mass is 747 g/mol. The van der Waals surface area contributed by atoms with Crippen LogP contribution in [0.2, 0.25) is 0 Å². The summed E-state index contributed by atoms with van der Waals surface area (Å²) >= 11 is 0. The molecule has 0 saturated carbocycles. The molecule has 0 fully saturated rings. The molecular weight excluding hydrogens is 715 g/mol. The molecule has 2 aliphatic rings. The van der Waals surface area contributed by atoms with Crippen molar-refractivity contribution >= 4 is 55.4 Å². The number of aromatic nitrogens is 2. The van der Waals surface area contributed by atoms with E-state index >= 15 is 0 Å². The molecule has 274 valence electrons. The largest absolute Gasteiger partial charge is 0.449 e. The van der Waals surface area contributed by atoms with E-state index in [1.807, 2.05) is 54.6 Å². The van der Waals surface area contributed by atoms with Gasteiger partial charge in [0.2, 0.25) is 5.96 Å². The zero-order valence-electron chi connectivity index (χ0n) is 31.1. The van der Waals surface area contributed by atoms with E-state index in [1.54, 1.807) is 0 Å². The number of benzene rings is 8. The third kappa shape index (κ3) is 5.14. The predicted molar refractivity (Wildman–Crippen MR) is 234 cm³/mol. The number of hydrogen-bond acceptors (Lipinski definition) is 5. The molecule has 4 heterocycles. The van der Waals surface area contributed by atoms with Gasteiger partial charge in [0.05, 0.1) is 22.1 Å². The van der Waals surface area contributed by atoms with Gasteiger partial charge in [0.25, 0.3) is 0 Å². The summed E-state index contributed by atoms with van der Waals surface area (Å²) in [6.07, 6.45) is -0.336. The minimum Gasteiger partial charge on any atom is -0.449 e. The molecule has 0 bridgehead atoms. The van der Waals surface area contributed by atoms with Crippen molar-refractivity contribution in [1.29, 1.82) is 0 Å². The molecule has 1 N–H and O–H groups in total. The summed E-state index contributed by atoms with van der Waals surface area (Å²) in [7, 11) is 0. The molecule has 0 saturated heterocycles. The second kappa shape index (κ2) is 12.8. The fourth-order valence-electron chi connectivity index (χ4n) is 8.53. The molecule has 0 aliphatic carbocycles. The van der Waals surface area contributed by atoms with E-state index in [4.69, 9.17) is 19.5 Å². The van der Waals surface area contributed by atoms with Crippen LogP contribution >= 0.6 is 0 Å². The van der Waals surface area contributed by atoms with E-state index in [-0.39, 0.29) is 6.17 Å². The summed E-state index contributed by atoms with van der Waals surface area (Å²) in [5, 5.41) is 8.19. The lowest BCUT2D eigenvalue weighted by Gasteiger charge is -2.25. The zero-order chi connectivity index (χ0) is 38.2. The maximum atomic E-state index is 6.76. The van der Waals surface area contributed by atoms with Crippen LogP contribution in [-0.2, 0) is 0 Å². The quantitative estimate of drug-likeness (QED) is 0.195. The second-order valence-corrected chi connectivity index (χ2v) is 14.7. The topological polar surface area (TPSA) is 65.1 Å². The van der Waals surface area contributed by atoms with Crippen LogP contribution in [0.5, 0.6) is 23.0 Å². The first-order valence-corrected chi connectivity index (χ1v) is 19.4. The average molecular weight is 748 g/mol. The summed E-state index contributed by atoms with van der Waals surface area (Å²) in [5.74, 6) is 3.98. The third-order valence-corrected chi connectivity index (χ3v) is 11.2. The normalized spacial score (nSPS) is 14.7. The smallest absolute Gasteiger partial charge is 0.211 e. The van der Waals surface area contributed by atoms with Crippen molar-refractivity contribution in [3.05, 3.63) is 199 Å². The fourth-order valence-corrected chi connectivity index (χ4v) is 8.53. The van der Waals surface area contributed by atoms with Crippen LogP contribution in [0.1, 0.15) is 17.3 Å². The van der Waals surface area contributed by atoms with Gasteiger partial charge in [-0.15, -0.1) is 0 Å². The van der Waals surface area contributed by atoms with Crippen molar-refractivity contribution in [2.24, 2.45) is 9.98 Å². The van der Waals surface area contributed by atoms with Crippen LogP contribution in [0.3, 0.4) is 0 Å². The van der Waals surface area contributed by atoms with Crippen molar-refractivity contribution < 1.29 is 9.47 Å². The van der Waals surface area contributed by atoms with Crippen LogP contribution in [0, 0.1) is 0 Å². The lowest BCUT2D eigenvalue weighted by molar-refractivity contribution is 0.360. The number of para-hydroxylation sites is 3. The van der Waals surface area contributed by atoms with Gasteiger partial charge in [-0.25, -0.2) is 4.99 Å². The van der Waals surface area contributed by atoms with Crippen LogP contribution in [0.15, 0.2) is 198 Å². The Morgan fingerprint density at radius 3 is 1.76 bits per heavy atom. The highest BCUT2D eigenvalue weighted by atomic mass is 16.6. The van der Waals surface area contributed by atoms with E-state index in [1.165, 1.54) is 16.3 Å². The van der Waals surface area contributed by atoms with Gasteiger partial charge in [-0.05, 0) is 71.3 Å². The first kappa shape index (κ1) is 32.4. The number of hydrogen-bond donors (Lipinski definition) is 1. The molecule has 0 radical (unpaired) electrons. The molecule has 1 unspecified atom stereocenters. The molecule has 0 spiro atoms. The van der Waals surface area contributed by atoms with Gasteiger partial charge < -0.3 is 19.4 Å². The Morgan fingerprint density at radius 2 is 0.983 bits per heavy atom. The van der Waals surface area contributed by atoms with Gasteiger partial charge in [-0.3, -0.25) is 4.57 Å². The van der Waals surface area contributed by atoms with Crippen molar-refractivity contribution in [3.8, 4) is 39.8 Å². The van der Waals surface area contributed by atoms with Crippen LogP contribution in [-0.4, -0.2) is 20.9 Å². The molecule has 1 atom stereocenters. The number of nitrogens with zero attached hydrogens (tertiary/aromatic N) is 4. The Morgan fingerprint density at radius 1 is 0.414 bits per heavy atom. The molecule has 2 aliphatic heterocycles. The molecule has 8 aromatic carbocycles.